The first-order chi connectivity index (χ1) is 16.2. The molecule has 186 valence electrons. The van der Waals surface area contributed by atoms with Crippen LogP contribution in [0.3, 0.4) is 0 Å². The second kappa shape index (κ2) is 10.5. The van der Waals surface area contributed by atoms with Crippen LogP contribution in [0.2, 0.25) is 0 Å². The van der Waals surface area contributed by atoms with E-state index in [1.54, 1.807) is 0 Å². The van der Waals surface area contributed by atoms with Gasteiger partial charge in [-0.25, -0.2) is 0 Å². The van der Waals surface area contributed by atoms with Gasteiger partial charge in [-0.3, -0.25) is 4.79 Å². The van der Waals surface area contributed by atoms with Crippen LogP contribution in [-0.2, 0) is 15.7 Å². The molecular formula is C26H34F3N3O2. The van der Waals surface area contributed by atoms with Gasteiger partial charge in [0, 0.05) is 42.1 Å². The minimum atomic E-state index is -4.41. The van der Waals surface area contributed by atoms with Gasteiger partial charge in [0.05, 0.1) is 17.8 Å². The molecule has 4 rings (SSSR count). The largest absolute Gasteiger partial charge is 0.416 e. The van der Waals surface area contributed by atoms with E-state index in [2.05, 4.69) is 22.8 Å². The zero-order valence-electron chi connectivity index (χ0n) is 19.8. The van der Waals surface area contributed by atoms with Crippen LogP contribution in [0.4, 0.5) is 18.9 Å². The van der Waals surface area contributed by atoms with E-state index in [1.165, 1.54) is 12.1 Å². The fourth-order valence-corrected chi connectivity index (χ4v) is 5.28. The number of rotatable bonds is 7. The number of nitrogens with zero attached hydrogens (tertiary/aromatic N) is 1. The summed E-state index contributed by atoms with van der Waals surface area (Å²) in [5.41, 5.74) is 0.606. The molecule has 2 aliphatic heterocycles. The lowest BCUT2D eigenvalue weighted by molar-refractivity contribution is -0.138. The molecular weight excluding hydrogens is 443 g/mol. The number of allylic oxidation sites excluding steroid dienone is 3. The van der Waals surface area contributed by atoms with Gasteiger partial charge in [-0.2, -0.15) is 13.2 Å². The summed E-state index contributed by atoms with van der Waals surface area (Å²) in [7, 11) is 3.94. The van der Waals surface area contributed by atoms with Crippen LogP contribution in [0.5, 0.6) is 0 Å². The van der Waals surface area contributed by atoms with E-state index in [0.29, 0.717) is 24.2 Å². The molecule has 0 radical (unpaired) electrons. The molecule has 1 aliphatic carbocycles. The van der Waals surface area contributed by atoms with Gasteiger partial charge in [0.1, 0.15) is 0 Å². The van der Waals surface area contributed by atoms with Crippen LogP contribution < -0.4 is 10.6 Å². The van der Waals surface area contributed by atoms with Gasteiger partial charge in [-0.05, 0) is 64.5 Å². The number of alkyl halides is 3. The summed E-state index contributed by atoms with van der Waals surface area (Å²) in [4.78, 5) is 14.3. The Bertz CT molecular complexity index is 928. The second-order valence-corrected chi connectivity index (χ2v) is 9.81. The summed E-state index contributed by atoms with van der Waals surface area (Å²) in [6, 6.07) is 3.98. The van der Waals surface area contributed by atoms with Gasteiger partial charge < -0.3 is 20.3 Å². The molecule has 1 aromatic carbocycles. The minimum absolute atomic E-state index is 0.0188. The lowest BCUT2D eigenvalue weighted by Gasteiger charge is -2.47. The fourth-order valence-electron chi connectivity index (χ4n) is 5.28. The van der Waals surface area contributed by atoms with Crippen molar-refractivity contribution in [3.8, 4) is 0 Å². The Morgan fingerprint density at radius 2 is 2.06 bits per heavy atom. The molecule has 2 heterocycles. The van der Waals surface area contributed by atoms with Crippen molar-refractivity contribution in [2.24, 2.45) is 11.8 Å². The van der Waals surface area contributed by atoms with Crippen molar-refractivity contribution in [3.05, 3.63) is 53.6 Å². The third kappa shape index (κ3) is 5.84. The number of carbonyl (C=O) groups excluding carboxylic acids is 1. The zero-order valence-corrected chi connectivity index (χ0v) is 19.8. The Morgan fingerprint density at radius 3 is 2.76 bits per heavy atom. The Morgan fingerprint density at radius 1 is 1.24 bits per heavy atom. The van der Waals surface area contributed by atoms with E-state index < -0.39 is 17.8 Å². The number of nitrogens with one attached hydrogen (secondary N) is 2. The molecule has 5 atom stereocenters. The minimum Gasteiger partial charge on any atom is -0.381 e. The van der Waals surface area contributed by atoms with Crippen LogP contribution in [0.1, 0.15) is 49.3 Å². The normalized spacial score (nSPS) is 28.2. The Kier molecular flexibility index (Phi) is 7.67. The summed E-state index contributed by atoms with van der Waals surface area (Å²) in [6.07, 6.45) is 6.99. The summed E-state index contributed by atoms with van der Waals surface area (Å²) >= 11 is 0. The number of carbonyl (C=O) groups is 1. The molecule has 2 N–H and O–H groups in total. The molecule has 1 saturated heterocycles. The van der Waals surface area contributed by atoms with Crippen LogP contribution in [0, 0.1) is 11.8 Å². The predicted molar refractivity (Wildman–Crippen MR) is 126 cm³/mol. The van der Waals surface area contributed by atoms with E-state index in [9.17, 15) is 18.0 Å². The van der Waals surface area contributed by atoms with E-state index in [0.717, 1.165) is 38.3 Å². The first-order valence-electron chi connectivity index (χ1n) is 12.1. The van der Waals surface area contributed by atoms with Crippen molar-refractivity contribution in [2.75, 3.05) is 32.5 Å². The highest BCUT2D eigenvalue weighted by molar-refractivity contribution is 5.75. The number of amides is 1. The van der Waals surface area contributed by atoms with Crippen molar-refractivity contribution in [1.82, 2.24) is 10.2 Å². The third-order valence-electron chi connectivity index (χ3n) is 7.03. The molecule has 8 heteroatoms. The molecule has 5 nitrogen and oxygen atoms in total. The Balaban J connectivity index is 1.49. The average molecular weight is 478 g/mol. The standard InChI is InChI=1S/C26H34F3N3O2/c1-32(2)14-6-9-23(33)30-16-19-11-12-20-24(17-7-4-3-5-8-17)31-22-13-10-18(26(27,28)29)15-21(22)25(20)34-19/h3-5,7,10,13,15,17,19-20,24-25,31H,6,8-9,11-12,14,16H2,1-2H3,(H,30,33)/t17?,19-,20+,24+,25+/m1/s1. The van der Waals surface area contributed by atoms with Crippen molar-refractivity contribution < 1.29 is 22.7 Å². The van der Waals surface area contributed by atoms with Gasteiger partial charge in [0.15, 0.2) is 0 Å². The molecule has 0 bridgehead atoms. The lowest BCUT2D eigenvalue weighted by Crippen LogP contribution is -2.48. The quantitative estimate of drug-likeness (QED) is 0.585. The maximum absolute atomic E-state index is 13.5. The van der Waals surface area contributed by atoms with Crippen molar-refractivity contribution in [2.45, 2.75) is 56.5 Å². The Labute approximate surface area is 199 Å². The van der Waals surface area contributed by atoms with Gasteiger partial charge in [-0.1, -0.05) is 24.3 Å². The van der Waals surface area contributed by atoms with Gasteiger partial charge in [0.25, 0.3) is 0 Å². The van der Waals surface area contributed by atoms with E-state index in [-0.39, 0.29) is 29.9 Å². The number of anilines is 1. The number of fused-ring (bicyclic) bond motifs is 3. The maximum atomic E-state index is 13.5. The van der Waals surface area contributed by atoms with Crippen LogP contribution in [0.15, 0.2) is 42.5 Å². The van der Waals surface area contributed by atoms with Crippen LogP contribution in [-0.4, -0.2) is 50.1 Å². The van der Waals surface area contributed by atoms with Crippen LogP contribution in [0.25, 0.3) is 0 Å². The number of hydrogen-bond acceptors (Lipinski definition) is 4. The average Bonchev–Trinajstić information content (AvgIpc) is 2.81. The zero-order chi connectivity index (χ0) is 24.3. The SMILES string of the molecule is CN(C)CCCC(=O)NC[C@H]1CC[C@@H]2[C@H](O1)c1cc(C(F)(F)F)ccc1N[C@H]2C1C=CC=CC1. The lowest BCUT2D eigenvalue weighted by atomic mass is 9.73. The molecule has 0 aromatic heterocycles. The summed E-state index contributed by atoms with van der Waals surface area (Å²) < 4.78 is 46.8. The first kappa shape index (κ1) is 24.8. The summed E-state index contributed by atoms with van der Waals surface area (Å²) in [6.45, 7) is 1.22. The van der Waals surface area contributed by atoms with Gasteiger partial charge in [-0.15, -0.1) is 0 Å². The molecule has 1 fully saturated rings. The molecule has 1 unspecified atom stereocenters. The van der Waals surface area contributed by atoms with E-state index >= 15 is 0 Å². The molecule has 0 saturated carbocycles. The van der Waals surface area contributed by atoms with Crippen molar-refractivity contribution >= 4 is 11.6 Å². The summed E-state index contributed by atoms with van der Waals surface area (Å²) in [5.74, 6) is 0.295. The van der Waals surface area contributed by atoms with E-state index in [4.69, 9.17) is 4.74 Å². The molecule has 1 aromatic rings. The topological polar surface area (TPSA) is 53.6 Å². The summed E-state index contributed by atoms with van der Waals surface area (Å²) in [5, 5.41) is 6.49. The number of ether oxygens (including phenoxy) is 1. The fraction of sp³-hybridized carbons (Fsp3) is 0.577. The molecule has 34 heavy (non-hydrogen) atoms. The highest BCUT2D eigenvalue weighted by Crippen LogP contribution is 2.49. The molecule has 0 spiro atoms. The first-order valence-corrected chi connectivity index (χ1v) is 12.1. The smallest absolute Gasteiger partial charge is 0.381 e. The third-order valence-corrected chi connectivity index (χ3v) is 7.03. The van der Waals surface area contributed by atoms with Crippen LogP contribution >= 0.6 is 0 Å². The highest BCUT2D eigenvalue weighted by Gasteiger charge is 2.45. The van der Waals surface area contributed by atoms with Crippen molar-refractivity contribution in [1.29, 1.82) is 0 Å². The van der Waals surface area contributed by atoms with Crippen molar-refractivity contribution in [3.63, 3.8) is 0 Å². The second-order valence-electron chi connectivity index (χ2n) is 9.81. The number of hydrogen-bond donors (Lipinski definition) is 2. The molecule has 3 aliphatic rings. The van der Waals surface area contributed by atoms with Gasteiger partial charge in [0.2, 0.25) is 5.91 Å². The number of halogens is 3. The number of benzene rings is 1. The molecule has 1 amide bonds. The maximum Gasteiger partial charge on any atom is 0.416 e. The Hall–Kier alpha value is -2.32. The van der Waals surface area contributed by atoms with E-state index in [1.807, 2.05) is 31.1 Å². The van der Waals surface area contributed by atoms with Gasteiger partial charge >= 0.3 is 6.18 Å². The monoisotopic (exact) mass is 477 g/mol. The highest BCUT2D eigenvalue weighted by atomic mass is 19.4. The predicted octanol–water partition coefficient (Wildman–Crippen LogP) is 4.93.